The molecular formula is C21H27N3O. The van der Waals surface area contributed by atoms with E-state index in [4.69, 9.17) is 0 Å². The molecule has 1 aromatic carbocycles. The molecule has 1 aliphatic heterocycles. The van der Waals surface area contributed by atoms with Gasteiger partial charge in [-0.05, 0) is 49.3 Å². The van der Waals surface area contributed by atoms with Crippen LogP contribution in [0.3, 0.4) is 0 Å². The molecular weight excluding hydrogens is 310 g/mol. The maximum Gasteiger partial charge on any atom is 0.269 e. The van der Waals surface area contributed by atoms with Gasteiger partial charge in [-0.3, -0.25) is 9.78 Å². The Hall–Kier alpha value is -2.36. The molecule has 25 heavy (non-hydrogen) atoms. The number of hydrogen-bond acceptors (Lipinski definition) is 3. The maximum atomic E-state index is 12.4. The fourth-order valence-electron chi connectivity index (χ4n) is 3.39. The molecule has 1 aliphatic rings. The van der Waals surface area contributed by atoms with Gasteiger partial charge < -0.3 is 10.2 Å². The molecule has 3 rings (SSSR count). The van der Waals surface area contributed by atoms with Crippen LogP contribution in [0.25, 0.3) is 0 Å². The summed E-state index contributed by atoms with van der Waals surface area (Å²) in [4.78, 5) is 19.0. The summed E-state index contributed by atoms with van der Waals surface area (Å²) < 4.78 is 0. The molecule has 1 amide bonds. The molecule has 0 saturated carbocycles. The number of carbonyl (C=O) groups is 1. The van der Waals surface area contributed by atoms with Gasteiger partial charge >= 0.3 is 0 Å². The van der Waals surface area contributed by atoms with E-state index in [2.05, 4.69) is 34.3 Å². The Kier molecular flexibility index (Phi) is 6.04. The second kappa shape index (κ2) is 8.65. The smallest absolute Gasteiger partial charge is 0.269 e. The maximum absolute atomic E-state index is 12.4. The van der Waals surface area contributed by atoms with Gasteiger partial charge in [-0.1, -0.05) is 37.3 Å². The van der Waals surface area contributed by atoms with Gasteiger partial charge in [-0.25, -0.2) is 0 Å². The van der Waals surface area contributed by atoms with Crippen LogP contribution in [0, 0.1) is 5.92 Å². The minimum Gasteiger partial charge on any atom is -0.371 e. The minimum absolute atomic E-state index is 0.0834. The third-order valence-corrected chi connectivity index (χ3v) is 4.77. The number of piperidine rings is 1. The minimum atomic E-state index is -0.0834. The highest BCUT2D eigenvalue weighted by atomic mass is 16.1. The zero-order chi connectivity index (χ0) is 17.5. The zero-order valence-electron chi connectivity index (χ0n) is 14.9. The van der Waals surface area contributed by atoms with Crippen molar-refractivity contribution in [1.29, 1.82) is 0 Å². The van der Waals surface area contributed by atoms with Crippen molar-refractivity contribution in [3.05, 3.63) is 59.9 Å². The van der Waals surface area contributed by atoms with Crippen LogP contribution in [0.4, 0.5) is 5.69 Å². The number of aryl methyl sites for hydroxylation is 1. The summed E-state index contributed by atoms with van der Waals surface area (Å²) in [5, 5.41) is 2.99. The number of aromatic nitrogens is 1. The highest BCUT2D eigenvalue weighted by Crippen LogP contribution is 2.22. The van der Waals surface area contributed by atoms with Gasteiger partial charge in [-0.15, -0.1) is 0 Å². The number of carbonyl (C=O) groups excluding carboxylic acids is 1. The van der Waals surface area contributed by atoms with E-state index < -0.39 is 0 Å². The monoisotopic (exact) mass is 337 g/mol. The van der Waals surface area contributed by atoms with Gasteiger partial charge in [0.05, 0.1) is 0 Å². The summed E-state index contributed by atoms with van der Waals surface area (Å²) in [6, 6.07) is 14.3. The zero-order valence-corrected chi connectivity index (χ0v) is 14.9. The highest BCUT2D eigenvalue weighted by Gasteiger charge is 2.18. The molecule has 0 radical (unpaired) electrons. The van der Waals surface area contributed by atoms with Gasteiger partial charge in [0, 0.05) is 31.5 Å². The number of rotatable bonds is 6. The Morgan fingerprint density at radius 1 is 1.28 bits per heavy atom. The van der Waals surface area contributed by atoms with Crippen LogP contribution < -0.4 is 10.2 Å². The molecule has 0 bridgehead atoms. The molecule has 4 nitrogen and oxygen atoms in total. The van der Waals surface area contributed by atoms with E-state index in [1.165, 1.54) is 18.4 Å². The molecule has 4 heteroatoms. The standard InChI is InChI=1S/C21H27N3O/c1-17-7-6-14-24(16-17)19-11-13-22-20(15-19)21(25)23-12-5-10-18-8-3-2-4-9-18/h2-4,8-9,11,13,15,17H,5-7,10,12,14,16H2,1H3,(H,23,25). The van der Waals surface area contributed by atoms with Crippen LogP contribution in [0.5, 0.6) is 0 Å². The SMILES string of the molecule is CC1CCCN(c2ccnc(C(=O)NCCCc3ccccc3)c2)C1. The largest absolute Gasteiger partial charge is 0.371 e. The average Bonchev–Trinajstić information content (AvgIpc) is 2.66. The first-order valence-corrected chi connectivity index (χ1v) is 9.25. The summed E-state index contributed by atoms with van der Waals surface area (Å²) in [7, 11) is 0. The van der Waals surface area contributed by atoms with Crippen molar-refractivity contribution in [2.75, 3.05) is 24.5 Å². The number of hydrogen-bond donors (Lipinski definition) is 1. The first-order chi connectivity index (χ1) is 12.2. The third kappa shape index (κ3) is 5.05. The van der Waals surface area contributed by atoms with Gasteiger partial charge in [-0.2, -0.15) is 0 Å². The van der Waals surface area contributed by atoms with Crippen LogP contribution in [-0.2, 0) is 6.42 Å². The van der Waals surface area contributed by atoms with Crippen molar-refractivity contribution in [2.45, 2.75) is 32.6 Å². The number of amides is 1. The van der Waals surface area contributed by atoms with Crippen molar-refractivity contribution >= 4 is 11.6 Å². The number of nitrogens with one attached hydrogen (secondary N) is 1. The third-order valence-electron chi connectivity index (χ3n) is 4.77. The number of pyridine rings is 1. The molecule has 2 heterocycles. The summed E-state index contributed by atoms with van der Waals surface area (Å²) in [5.41, 5.74) is 2.92. The Morgan fingerprint density at radius 2 is 2.12 bits per heavy atom. The van der Waals surface area contributed by atoms with Crippen molar-refractivity contribution < 1.29 is 4.79 Å². The lowest BCUT2D eigenvalue weighted by Gasteiger charge is -2.32. The van der Waals surface area contributed by atoms with E-state index in [0.717, 1.165) is 31.6 Å². The quantitative estimate of drug-likeness (QED) is 0.818. The molecule has 1 N–H and O–H groups in total. The van der Waals surface area contributed by atoms with Crippen molar-refractivity contribution in [3.63, 3.8) is 0 Å². The molecule has 1 saturated heterocycles. The van der Waals surface area contributed by atoms with Gasteiger partial charge in [0.1, 0.15) is 5.69 Å². The van der Waals surface area contributed by atoms with E-state index >= 15 is 0 Å². The summed E-state index contributed by atoms with van der Waals surface area (Å²) in [5.74, 6) is 0.622. The Balaban J connectivity index is 1.51. The molecule has 0 aliphatic carbocycles. The fraction of sp³-hybridized carbons (Fsp3) is 0.429. The Bertz CT molecular complexity index is 687. The molecule has 1 unspecified atom stereocenters. The number of anilines is 1. The van der Waals surface area contributed by atoms with Gasteiger partial charge in [0.2, 0.25) is 0 Å². The fourth-order valence-corrected chi connectivity index (χ4v) is 3.39. The summed E-state index contributed by atoms with van der Waals surface area (Å²) in [6.45, 7) is 5.07. The lowest BCUT2D eigenvalue weighted by atomic mass is 10.00. The van der Waals surface area contributed by atoms with Crippen molar-refractivity contribution in [1.82, 2.24) is 10.3 Å². The molecule has 1 fully saturated rings. The lowest BCUT2D eigenvalue weighted by Crippen LogP contribution is -2.34. The van der Waals surface area contributed by atoms with E-state index in [-0.39, 0.29) is 5.91 Å². The highest BCUT2D eigenvalue weighted by molar-refractivity contribution is 5.93. The van der Waals surface area contributed by atoms with Crippen LogP contribution in [0.1, 0.15) is 42.2 Å². The normalized spacial score (nSPS) is 17.3. The molecule has 1 atom stereocenters. The second-order valence-corrected chi connectivity index (χ2v) is 6.94. The van der Waals surface area contributed by atoms with E-state index in [0.29, 0.717) is 18.2 Å². The topological polar surface area (TPSA) is 45.2 Å². The predicted octanol–water partition coefficient (Wildman–Crippen LogP) is 3.68. The van der Waals surface area contributed by atoms with Crippen molar-refractivity contribution in [3.8, 4) is 0 Å². The molecule has 2 aromatic rings. The van der Waals surface area contributed by atoms with Crippen LogP contribution >= 0.6 is 0 Å². The Labute approximate surface area is 150 Å². The first kappa shape index (κ1) is 17.5. The van der Waals surface area contributed by atoms with E-state index in [9.17, 15) is 4.79 Å². The lowest BCUT2D eigenvalue weighted by molar-refractivity contribution is 0.0948. The van der Waals surface area contributed by atoms with Crippen LogP contribution in [-0.4, -0.2) is 30.5 Å². The second-order valence-electron chi connectivity index (χ2n) is 6.94. The van der Waals surface area contributed by atoms with Crippen molar-refractivity contribution in [2.24, 2.45) is 5.92 Å². The number of nitrogens with zero attached hydrogens (tertiary/aromatic N) is 2. The molecule has 0 spiro atoms. The van der Waals surface area contributed by atoms with Crippen LogP contribution in [0.15, 0.2) is 48.7 Å². The first-order valence-electron chi connectivity index (χ1n) is 9.25. The van der Waals surface area contributed by atoms with E-state index in [1.54, 1.807) is 6.20 Å². The average molecular weight is 337 g/mol. The summed E-state index contributed by atoms with van der Waals surface area (Å²) in [6.07, 6.45) is 6.15. The van der Waals surface area contributed by atoms with Gasteiger partial charge in [0.25, 0.3) is 5.91 Å². The van der Waals surface area contributed by atoms with E-state index in [1.807, 2.05) is 30.3 Å². The predicted molar refractivity (Wildman–Crippen MR) is 102 cm³/mol. The molecule has 132 valence electrons. The van der Waals surface area contributed by atoms with Crippen LogP contribution in [0.2, 0.25) is 0 Å². The summed E-state index contributed by atoms with van der Waals surface area (Å²) >= 11 is 0. The molecule has 1 aromatic heterocycles. The van der Waals surface area contributed by atoms with Gasteiger partial charge in [0.15, 0.2) is 0 Å². The number of benzene rings is 1. The Morgan fingerprint density at radius 3 is 2.92 bits per heavy atom.